The van der Waals surface area contributed by atoms with Crippen LogP contribution in [0.25, 0.3) is 5.69 Å². The maximum absolute atomic E-state index is 4.22. The first-order valence-corrected chi connectivity index (χ1v) is 6.59. The number of hydrogen-bond donors (Lipinski definition) is 1. The molecule has 17 heavy (non-hydrogen) atoms. The van der Waals surface area contributed by atoms with Crippen LogP contribution in [0.2, 0.25) is 0 Å². The first-order valence-electron chi connectivity index (χ1n) is 5.80. The molecule has 2 rings (SSSR count). The Morgan fingerprint density at radius 3 is 2.94 bits per heavy atom. The molecule has 0 aliphatic heterocycles. The molecule has 1 heterocycles. The SMILES string of the molecule is CCCNCc1ccc(-n2cccn2)c(Br)c1. The summed E-state index contributed by atoms with van der Waals surface area (Å²) in [5, 5.41) is 7.61. The van der Waals surface area contributed by atoms with Gasteiger partial charge < -0.3 is 5.32 Å². The van der Waals surface area contributed by atoms with Gasteiger partial charge in [-0.25, -0.2) is 4.68 Å². The van der Waals surface area contributed by atoms with E-state index < -0.39 is 0 Å². The molecule has 0 fully saturated rings. The molecule has 1 aromatic carbocycles. The average Bonchev–Trinajstić information content (AvgIpc) is 2.83. The summed E-state index contributed by atoms with van der Waals surface area (Å²) in [5.41, 5.74) is 2.34. The number of hydrogen-bond acceptors (Lipinski definition) is 2. The molecule has 0 amide bonds. The zero-order valence-corrected chi connectivity index (χ0v) is 11.4. The molecular weight excluding hydrogens is 278 g/mol. The Kier molecular flexibility index (Phi) is 4.34. The van der Waals surface area contributed by atoms with Crippen LogP contribution in [0.1, 0.15) is 18.9 Å². The summed E-state index contributed by atoms with van der Waals surface area (Å²) >= 11 is 3.59. The molecule has 0 spiro atoms. The average molecular weight is 294 g/mol. The van der Waals surface area contributed by atoms with E-state index in [4.69, 9.17) is 0 Å². The molecule has 0 saturated carbocycles. The van der Waals surface area contributed by atoms with Crippen molar-refractivity contribution in [1.82, 2.24) is 15.1 Å². The maximum atomic E-state index is 4.22. The molecule has 0 aliphatic carbocycles. The quantitative estimate of drug-likeness (QED) is 0.859. The molecule has 1 N–H and O–H groups in total. The van der Waals surface area contributed by atoms with E-state index in [2.05, 4.69) is 51.5 Å². The van der Waals surface area contributed by atoms with Crippen molar-refractivity contribution in [3.8, 4) is 5.69 Å². The van der Waals surface area contributed by atoms with Crippen LogP contribution >= 0.6 is 15.9 Å². The Morgan fingerprint density at radius 2 is 2.29 bits per heavy atom. The Hall–Kier alpha value is -1.13. The summed E-state index contributed by atoms with van der Waals surface area (Å²) in [5.74, 6) is 0. The molecule has 0 saturated heterocycles. The van der Waals surface area contributed by atoms with Crippen LogP contribution in [0.5, 0.6) is 0 Å². The molecule has 4 heteroatoms. The predicted molar refractivity (Wildman–Crippen MR) is 73.3 cm³/mol. The van der Waals surface area contributed by atoms with E-state index in [0.29, 0.717) is 0 Å². The highest BCUT2D eigenvalue weighted by Crippen LogP contribution is 2.21. The number of nitrogens with zero attached hydrogens (tertiary/aromatic N) is 2. The van der Waals surface area contributed by atoms with Gasteiger partial charge in [0.2, 0.25) is 0 Å². The third kappa shape index (κ3) is 3.17. The molecule has 0 unspecified atom stereocenters. The summed E-state index contributed by atoms with van der Waals surface area (Å²) in [7, 11) is 0. The van der Waals surface area contributed by atoms with E-state index in [9.17, 15) is 0 Å². The van der Waals surface area contributed by atoms with Gasteiger partial charge in [-0.3, -0.25) is 0 Å². The molecule has 0 bridgehead atoms. The predicted octanol–water partition coefficient (Wildman–Crippen LogP) is 3.13. The highest BCUT2D eigenvalue weighted by Gasteiger charge is 2.03. The van der Waals surface area contributed by atoms with Gasteiger partial charge in [0.25, 0.3) is 0 Å². The molecule has 0 aliphatic rings. The van der Waals surface area contributed by atoms with Crippen LogP contribution < -0.4 is 5.32 Å². The molecule has 1 aromatic heterocycles. The zero-order chi connectivity index (χ0) is 12.1. The topological polar surface area (TPSA) is 29.9 Å². The Bertz CT molecular complexity index is 466. The van der Waals surface area contributed by atoms with E-state index in [1.54, 1.807) is 6.20 Å². The van der Waals surface area contributed by atoms with Gasteiger partial charge >= 0.3 is 0 Å². The number of aromatic nitrogens is 2. The van der Waals surface area contributed by atoms with Crippen LogP contribution in [0.15, 0.2) is 41.1 Å². The van der Waals surface area contributed by atoms with Crippen molar-refractivity contribution >= 4 is 15.9 Å². The second-order valence-electron chi connectivity index (χ2n) is 3.91. The fourth-order valence-electron chi connectivity index (χ4n) is 1.67. The lowest BCUT2D eigenvalue weighted by Crippen LogP contribution is -2.13. The van der Waals surface area contributed by atoms with Gasteiger partial charge in [-0.15, -0.1) is 0 Å². The first kappa shape index (κ1) is 12.3. The summed E-state index contributed by atoms with van der Waals surface area (Å²) in [6.07, 6.45) is 4.88. The largest absolute Gasteiger partial charge is 0.313 e. The third-order valence-corrected chi connectivity index (χ3v) is 3.15. The lowest BCUT2D eigenvalue weighted by Gasteiger charge is -2.08. The number of nitrogens with one attached hydrogen (secondary N) is 1. The normalized spacial score (nSPS) is 10.7. The van der Waals surface area contributed by atoms with Crippen molar-refractivity contribution in [2.24, 2.45) is 0 Å². The standard InChI is InChI=1S/C13H16BrN3/c1-2-6-15-10-11-4-5-13(12(14)9-11)17-8-3-7-16-17/h3-5,7-9,15H,2,6,10H2,1H3. The van der Waals surface area contributed by atoms with Gasteiger partial charge in [-0.1, -0.05) is 13.0 Å². The Balaban J connectivity index is 2.12. The van der Waals surface area contributed by atoms with Gasteiger partial charge in [-0.2, -0.15) is 5.10 Å². The highest BCUT2D eigenvalue weighted by molar-refractivity contribution is 9.10. The van der Waals surface area contributed by atoms with Crippen LogP contribution in [0, 0.1) is 0 Å². The maximum Gasteiger partial charge on any atom is 0.0787 e. The first-order chi connectivity index (χ1) is 8.31. The number of halogens is 1. The van der Waals surface area contributed by atoms with Crippen molar-refractivity contribution < 1.29 is 0 Å². The monoisotopic (exact) mass is 293 g/mol. The van der Waals surface area contributed by atoms with Crippen molar-refractivity contribution in [3.63, 3.8) is 0 Å². The minimum absolute atomic E-state index is 0.909. The van der Waals surface area contributed by atoms with Gasteiger partial charge in [-0.05, 0) is 52.7 Å². The van der Waals surface area contributed by atoms with E-state index in [0.717, 1.165) is 29.7 Å². The smallest absolute Gasteiger partial charge is 0.0787 e. The second-order valence-corrected chi connectivity index (χ2v) is 4.77. The van der Waals surface area contributed by atoms with Crippen LogP contribution in [0.4, 0.5) is 0 Å². The lowest BCUT2D eigenvalue weighted by molar-refractivity contribution is 0.675. The van der Waals surface area contributed by atoms with Gasteiger partial charge in [0, 0.05) is 23.4 Å². The summed E-state index contributed by atoms with van der Waals surface area (Å²) in [4.78, 5) is 0. The molecular formula is C13H16BrN3. The highest BCUT2D eigenvalue weighted by atomic mass is 79.9. The molecule has 90 valence electrons. The molecule has 3 nitrogen and oxygen atoms in total. The van der Waals surface area contributed by atoms with Crippen molar-refractivity contribution in [1.29, 1.82) is 0 Å². The van der Waals surface area contributed by atoms with E-state index >= 15 is 0 Å². The molecule has 2 aromatic rings. The van der Waals surface area contributed by atoms with Crippen LogP contribution in [-0.4, -0.2) is 16.3 Å². The lowest BCUT2D eigenvalue weighted by atomic mass is 10.2. The number of benzene rings is 1. The third-order valence-electron chi connectivity index (χ3n) is 2.52. The zero-order valence-electron chi connectivity index (χ0n) is 9.86. The number of rotatable bonds is 5. The fourth-order valence-corrected chi connectivity index (χ4v) is 2.27. The Morgan fingerprint density at radius 1 is 1.41 bits per heavy atom. The molecule has 0 radical (unpaired) electrons. The van der Waals surface area contributed by atoms with Crippen LogP contribution in [0.3, 0.4) is 0 Å². The van der Waals surface area contributed by atoms with E-state index in [-0.39, 0.29) is 0 Å². The van der Waals surface area contributed by atoms with E-state index in [1.165, 1.54) is 5.56 Å². The summed E-state index contributed by atoms with van der Waals surface area (Å²) < 4.78 is 2.92. The van der Waals surface area contributed by atoms with Crippen LogP contribution in [-0.2, 0) is 6.54 Å². The minimum Gasteiger partial charge on any atom is -0.313 e. The minimum atomic E-state index is 0.909. The van der Waals surface area contributed by atoms with Gasteiger partial charge in [0.1, 0.15) is 0 Å². The van der Waals surface area contributed by atoms with Crippen molar-refractivity contribution in [2.75, 3.05) is 6.54 Å². The van der Waals surface area contributed by atoms with Crippen molar-refractivity contribution in [3.05, 3.63) is 46.7 Å². The van der Waals surface area contributed by atoms with Crippen molar-refractivity contribution in [2.45, 2.75) is 19.9 Å². The van der Waals surface area contributed by atoms with Gasteiger partial charge in [0.05, 0.1) is 5.69 Å². The molecule has 0 atom stereocenters. The van der Waals surface area contributed by atoms with E-state index in [1.807, 2.05) is 16.9 Å². The fraction of sp³-hybridized carbons (Fsp3) is 0.308. The summed E-state index contributed by atoms with van der Waals surface area (Å²) in [6, 6.07) is 8.27. The van der Waals surface area contributed by atoms with Gasteiger partial charge in [0.15, 0.2) is 0 Å². The second kappa shape index (κ2) is 5.98. The summed E-state index contributed by atoms with van der Waals surface area (Å²) in [6.45, 7) is 4.13. The Labute approximate surface area is 110 Å².